The zero-order valence-electron chi connectivity index (χ0n) is 20.9. The fraction of sp³-hybridized carbons (Fsp3) is 0.857. The average Bonchev–Trinajstić information content (AvgIpc) is 3.22. The van der Waals surface area contributed by atoms with Crippen molar-refractivity contribution in [3.8, 4) is 0 Å². The second-order valence-electron chi connectivity index (χ2n) is 12.7. The van der Waals surface area contributed by atoms with Crippen LogP contribution in [0.15, 0.2) is 23.3 Å². The molecule has 32 heavy (non-hydrogen) atoms. The average molecular weight is 447 g/mol. The number of rotatable bonds is 4. The SMILES string of the molecule is CC1/C(=C\C=C2/CCC[C@@]3(C)[C@H]2CC[C@@H]3[C@]2(C)C[C@@H](CC(C)(C)O)CO2)C[C@@H](O)C[C@@H]1O. The van der Waals surface area contributed by atoms with Crippen LogP contribution in [0.4, 0.5) is 0 Å². The largest absolute Gasteiger partial charge is 0.393 e. The first-order valence-electron chi connectivity index (χ1n) is 13.0. The van der Waals surface area contributed by atoms with Gasteiger partial charge in [-0.25, -0.2) is 0 Å². The van der Waals surface area contributed by atoms with Crippen molar-refractivity contribution in [2.24, 2.45) is 29.1 Å². The summed E-state index contributed by atoms with van der Waals surface area (Å²) < 4.78 is 6.53. The molecule has 0 aromatic heterocycles. The highest BCUT2D eigenvalue weighted by Gasteiger charge is 2.57. The Morgan fingerprint density at radius 1 is 1.12 bits per heavy atom. The Labute approximate surface area is 195 Å². The smallest absolute Gasteiger partial charge is 0.0691 e. The second kappa shape index (κ2) is 8.83. The van der Waals surface area contributed by atoms with Crippen molar-refractivity contribution in [2.45, 2.75) is 116 Å². The van der Waals surface area contributed by atoms with E-state index < -0.39 is 17.8 Å². The van der Waals surface area contributed by atoms with Gasteiger partial charge in [0.2, 0.25) is 0 Å². The van der Waals surface area contributed by atoms with Crippen molar-refractivity contribution in [3.63, 3.8) is 0 Å². The summed E-state index contributed by atoms with van der Waals surface area (Å²) in [5.74, 6) is 1.72. The van der Waals surface area contributed by atoms with E-state index in [1.165, 1.54) is 31.3 Å². The minimum Gasteiger partial charge on any atom is -0.393 e. The molecule has 4 aliphatic rings. The minimum absolute atomic E-state index is 0.0908. The first kappa shape index (κ1) is 24.4. The topological polar surface area (TPSA) is 69.9 Å². The molecule has 1 unspecified atom stereocenters. The van der Waals surface area contributed by atoms with E-state index in [4.69, 9.17) is 4.74 Å². The van der Waals surface area contributed by atoms with Crippen molar-refractivity contribution in [2.75, 3.05) is 6.61 Å². The number of allylic oxidation sites excluding steroid dienone is 3. The first-order chi connectivity index (χ1) is 14.9. The number of fused-ring (bicyclic) bond motifs is 1. The lowest BCUT2D eigenvalue weighted by Crippen LogP contribution is -2.45. The molecule has 4 rings (SSSR count). The van der Waals surface area contributed by atoms with Crippen molar-refractivity contribution in [1.82, 2.24) is 0 Å². The molecule has 0 spiro atoms. The molecule has 0 aromatic rings. The van der Waals surface area contributed by atoms with Gasteiger partial charge in [-0.2, -0.15) is 0 Å². The maximum Gasteiger partial charge on any atom is 0.0691 e. The molecule has 4 nitrogen and oxygen atoms in total. The zero-order valence-corrected chi connectivity index (χ0v) is 20.9. The molecule has 1 aliphatic heterocycles. The Morgan fingerprint density at radius 2 is 1.84 bits per heavy atom. The Morgan fingerprint density at radius 3 is 2.56 bits per heavy atom. The van der Waals surface area contributed by atoms with E-state index >= 15 is 0 Å². The number of hydrogen-bond acceptors (Lipinski definition) is 4. The predicted octanol–water partition coefficient (Wildman–Crippen LogP) is 5.16. The highest BCUT2D eigenvalue weighted by Crippen LogP contribution is 2.62. The van der Waals surface area contributed by atoms with Crippen molar-refractivity contribution >= 4 is 0 Å². The fourth-order valence-electron chi connectivity index (χ4n) is 8.03. The van der Waals surface area contributed by atoms with E-state index in [9.17, 15) is 15.3 Å². The lowest BCUT2D eigenvalue weighted by Gasteiger charge is -2.47. The van der Waals surface area contributed by atoms with Crippen LogP contribution in [0.3, 0.4) is 0 Å². The van der Waals surface area contributed by atoms with Crippen LogP contribution in [-0.2, 0) is 4.74 Å². The van der Waals surface area contributed by atoms with Crippen LogP contribution in [-0.4, -0.2) is 45.3 Å². The molecule has 0 amide bonds. The van der Waals surface area contributed by atoms with Gasteiger partial charge in [-0.3, -0.25) is 0 Å². The monoisotopic (exact) mass is 446 g/mol. The molecular formula is C28H46O4. The Hall–Kier alpha value is -0.680. The van der Waals surface area contributed by atoms with Gasteiger partial charge in [0.05, 0.1) is 30.0 Å². The summed E-state index contributed by atoms with van der Waals surface area (Å²) >= 11 is 0. The highest BCUT2D eigenvalue weighted by atomic mass is 16.5. The summed E-state index contributed by atoms with van der Waals surface area (Å²) in [6.45, 7) is 11.5. The molecule has 4 heteroatoms. The van der Waals surface area contributed by atoms with Crippen LogP contribution >= 0.6 is 0 Å². The van der Waals surface area contributed by atoms with Gasteiger partial charge in [-0.1, -0.05) is 37.1 Å². The van der Waals surface area contributed by atoms with Crippen LogP contribution in [0.1, 0.15) is 92.4 Å². The molecule has 3 N–H and O–H groups in total. The van der Waals surface area contributed by atoms with Gasteiger partial charge in [0.1, 0.15) is 0 Å². The summed E-state index contributed by atoms with van der Waals surface area (Å²) in [5, 5.41) is 30.7. The number of aliphatic hydroxyl groups is 3. The van der Waals surface area contributed by atoms with E-state index in [0.717, 1.165) is 25.9 Å². The summed E-state index contributed by atoms with van der Waals surface area (Å²) in [6.07, 6.45) is 12.8. The summed E-state index contributed by atoms with van der Waals surface area (Å²) in [7, 11) is 0. The maximum atomic E-state index is 10.3. The van der Waals surface area contributed by atoms with E-state index in [2.05, 4.69) is 32.9 Å². The normalized spacial score (nSPS) is 47.9. The van der Waals surface area contributed by atoms with Crippen molar-refractivity contribution in [1.29, 1.82) is 0 Å². The standard InChI is InChI=1S/C28H46O4/c1-18-21(13-22(29)14-24(18)30)9-8-20-7-6-12-27(4)23(20)10-11-25(27)28(5)16-19(17-32-28)15-26(2,3)31/h8-9,18-19,22-25,29-31H,6-7,10-17H2,1-5H3/b20-8+,21-9-/t18?,19-,22-,23+,24+,25+,27+,28+/m1/s1. The van der Waals surface area contributed by atoms with Crippen LogP contribution in [0, 0.1) is 29.1 Å². The number of ether oxygens (including phenoxy) is 1. The maximum absolute atomic E-state index is 10.3. The van der Waals surface area contributed by atoms with Crippen molar-refractivity contribution < 1.29 is 20.1 Å². The van der Waals surface area contributed by atoms with Crippen LogP contribution < -0.4 is 0 Å². The lowest BCUT2D eigenvalue weighted by molar-refractivity contribution is -0.0753. The van der Waals surface area contributed by atoms with Crippen LogP contribution in [0.2, 0.25) is 0 Å². The van der Waals surface area contributed by atoms with Gasteiger partial charge < -0.3 is 20.1 Å². The first-order valence-corrected chi connectivity index (χ1v) is 13.0. The molecular weight excluding hydrogens is 400 g/mol. The van der Waals surface area contributed by atoms with E-state index in [0.29, 0.717) is 30.6 Å². The number of aliphatic hydroxyl groups excluding tert-OH is 2. The van der Waals surface area contributed by atoms with Gasteiger partial charge in [0.25, 0.3) is 0 Å². The summed E-state index contributed by atoms with van der Waals surface area (Å²) in [6, 6.07) is 0. The van der Waals surface area contributed by atoms with Gasteiger partial charge in [-0.05, 0) is 95.3 Å². The van der Waals surface area contributed by atoms with Gasteiger partial charge >= 0.3 is 0 Å². The molecule has 182 valence electrons. The van der Waals surface area contributed by atoms with Gasteiger partial charge in [0.15, 0.2) is 0 Å². The third kappa shape index (κ3) is 4.76. The Kier molecular flexibility index (Phi) is 6.75. The molecule has 0 radical (unpaired) electrons. The predicted molar refractivity (Wildman–Crippen MR) is 128 cm³/mol. The quantitative estimate of drug-likeness (QED) is 0.558. The van der Waals surface area contributed by atoms with E-state index in [-0.39, 0.29) is 16.9 Å². The molecule has 8 atom stereocenters. The summed E-state index contributed by atoms with van der Waals surface area (Å²) in [4.78, 5) is 0. The Bertz CT molecular complexity index is 749. The van der Waals surface area contributed by atoms with Gasteiger partial charge in [-0.15, -0.1) is 0 Å². The third-order valence-electron chi connectivity index (χ3n) is 9.49. The number of hydrogen-bond donors (Lipinski definition) is 3. The Balaban J connectivity index is 1.51. The molecule has 3 saturated carbocycles. The molecule has 1 saturated heterocycles. The van der Waals surface area contributed by atoms with Crippen molar-refractivity contribution in [3.05, 3.63) is 23.3 Å². The molecule has 0 bridgehead atoms. The van der Waals surface area contributed by atoms with Gasteiger partial charge in [0, 0.05) is 12.3 Å². The molecule has 0 aromatic carbocycles. The molecule has 4 fully saturated rings. The van der Waals surface area contributed by atoms with E-state index in [1.54, 1.807) is 5.57 Å². The fourth-order valence-corrected chi connectivity index (χ4v) is 8.03. The van der Waals surface area contributed by atoms with E-state index in [1.807, 2.05) is 13.8 Å². The third-order valence-corrected chi connectivity index (χ3v) is 9.49. The van der Waals surface area contributed by atoms with Crippen LogP contribution in [0.5, 0.6) is 0 Å². The minimum atomic E-state index is -0.632. The highest BCUT2D eigenvalue weighted by molar-refractivity contribution is 5.27. The molecule has 3 aliphatic carbocycles. The summed E-state index contributed by atoms with van der Waals surface area (Å²) in [5.41, 5.74) is 2.29. The van der Waals surface area contributed by atoms with Crippen LogP contribution in [0.25, 0.3) is 0 Å². The second-order valence-corrected chi connectivity index (χ2v) is 12.7. The molecule has 1 heterocycles. The lowest BCUT2D eigenvalue weighted by atomic mass is 9.59. The zero-order chi connectivity index (χ0) is 23.3.